The number of benzene rings is 1. The number of carboxylic acids is 1. The fraction of sp³-hybridized carbons (Fsp3) is 0.125. The van der Waals surface area contributed by atoms with Gasteiger partial charge >= 0.3 is 0 Å². The Morgan fingerprint density at radius 3 is 1.93 bits per heavy atom. The normalized spacial score (nSPS) is 8.27. The number of rotatable bonds is 0. The van der Waals surface area contributed by atoms with Crippen LogP contribution in [0.2, 0.25) is 0 Å². The first-order valence-corrected chi connectivity index (χ1v) is 5.76. The van der Waals surface area contributed by atoms with Crippen molar-refractivity contribution in [3.05, 3.63) is 25.6 Å². The molecule has 0 saturated carbocycles. The summed E-state index contributed by atoms with van der Waals surface area (Å²) in [5.74, 6) is -0.602. The monoisotopic (exact) mass is 527 g/mol. The summed E-state index contributed by atoms with van der Waals surface area (Å²) in [6.07, 6.45) is 0. The molecule has 0 fully saturated rings. The van der Waals surface area contributed by atoms with Crippen LogP contribution in [-0.2, 0) is 4.79 Å². The molecule has 0 saturated heterocycles. The summed E-state index contributed by atoms with van der Waals surface area (Å²) in [6, 6.07) is 3.38. The number of carboxylic acid groups (broad SMARTS) is 1. The summed E-state index contributed by atoms with van der Waals surface area (Å²) < 4.78 is 2.41. The molecule has 0 unspecified atom stereocenters. The van der Waals surface area contributed by atoms with Crippen LogP contribution in [0.25, 0.3) is 0 Å². The molecule has 81 valence electrons. The van der Waals surface area contributed by atoms with Crippen LogP contribution in [0.4, 0.5) is 0 Å². The Morgan fingerprint density at radius 2 is 1.60 bits per heavy atom. The fourth-order valence-corrected chi connectivity index (χ4v) is 1.79. The fourth-order valence-electron chi connectivity index (χ4n) is 0.516. The third kappa shape index (κ3) is 7.93. The maximum absolute atomic E-state index is 9.13. The molecule has 0 aliphatic heterocycles. The first kappa shape index (κ1) is 18.5. The first-order valence-electron chi connectivity index (χ1n) is 3.38. The van der Waals surface area contributed by atoms with Crippen LogP contribution in [0, 0.1) is 35.6 Å². The molecule has 0 atom stereocenters. The maximum atomic E-state index is 9.13. The molecule has 1 radical (unpaired) electrons. The largest absolute Gasteiger partial charge is 0.507 e. The van der Waals surface area contributed by atoms with Crippen molar-refractivity contribution in [3.63, 3.8) is 0 Å². The van der Waals surface area contributed by atoms with Gasteiger partial charge < -0.3 is 10.2 Å². The molecule has 1 rings (SSSR count). The minimum Gasteiger partial charge on any atom is -0.507 e. The van der Waals surface area contributed by atoms with Gasteiger partial charge in [-0.2, -0.15) is 0 Å². The molecule has 0 bridgehead atoms. The molecule has 0 aliphatic rings. The Hall–Kier alpha value is 1.12. The van der Waals surface area contributed by atoms with E-state index in [4.69, 9.17) is 15.0 Å². The van der Waals surface area contributed by atoms with Crippen molar-refractivity contribution in [2.24, 2.45) is 0 Å². The van der Waals surface area contributed by atoms with Gasteiger partial charge in [0, 0.05) is 51.5 Å². The van der Waals surface area contributed by atoms with Gasteiger partial charge in [0.1, 0.15) is 5.75 Å². The molecule has 0 amide bonds. The first-order chi connectivity index (χ1) is 6.36. The second kappa shape index (κ2) is 9.19. The Kier molecular flexibility index (Phi) is 11.3. The molecule has 1 aromatic rings. The van der Waals surface area contributed by atoms with E-state index in [1.54, 1.807) is 12.1 Å². The van der Waals surface area contributed by atoms with Crippen molar-refractivity contribution >= 4 is 53.8 Å². The zero-order chi connectivity index (χ0) is 11.3. The van der Waals surface area contributed by atoms with E-state index in [9.17, 15) is 0 Å². The summed E-state index contributed by atoms with van der Waals surface area (Å²) in [5.41, 5.74) is 0. The predicted octanol–water partition coefficient (Wildman–Crippen LogP) is 3.77. The molecule has 0 aromatic heterocycles. The number of phenolic OH excluding ortho intramolecular Hbond substituents is 1. The molecular weight excluding hydrogens is 523 g/mol. The van der Waals surface area contributed by atoms with Gasteiger partial charge in [-0.1, -0.05) is 0 Å². The number of halogens is 3. The van der Waals surface area contributed by atoms with E-state index in [2.05, 4.69) is 47.8 Å². The van der Waals surface area contributed by atoms with Crippen LogP contribution in [0.5, 0.6) is 5.75 Å². The predicted molar refractivity (Wildman–Crippen MR) is 64.5 cm³/mol. The molecule has 1 aromatic carbocycles. The van der Waals surface area contributed by atoms with Crippen LogP contribution in [0.1, 0.15) is 6.92 Å². The van der Waals surface area contributed by atoms with Gasteiger partial charge in [0.2, 0.25) is 0 Å². The van der Waals surface area contributed by atoms with Crippen molar-refractivity contribution in [1.82, 2.24) is 0 Å². The summed E-state index contributed by atoms with van der Waals surface area (Å²) in [7, 11) is 0. The van der Waals surface area contributed by atoms with Gasteiger partial charge in [0.05, 0.1) is 4.47 Å². The van der Waals surface area contributed by atoms with E-state index in [-0.39, 0.29) is 41.3 Å². The Balaban J connectivity index is 0. The second-order valence-electron chi connectivity index (χ2n) is 2.21. The minimum atomic E-state index is -0.833. The van der Waals surface area contributed by atoms with Crippen LogP contribution >= 0.6 is 47.8 Å². The number of carbonyl (C=O) groups is 1. The van der Waals surface area contributed by atoms with Crippen LogP contribution in [-0.4, -0.2) is 16.2 Å². The Morgan fingerprint density at radius 1 is 1.20 bits per heavy atom. The minimum absolute atomic E-state index is 0. The van der Waals surface area contributed by atoms with E-state index in [1.165, 1.54) is 0 Å². The van der Waals surface area contributed by atoms with Crippen molar-refractivity contribution in [2.45, 2.75) is 6.92 Å². The number of phenols is 1. The quantitative estimate of drug-likeness (QED) is 0.503. The van der Waals surface area contributed by atoms with Crippen molar-refractivity contribution in [1.29, 1.82) is 0 Å². The molecule has 3 nitrogen and oxygen atoms in total. The molecule has 0 spiro atoms. The van der Waals surface area contributed by atoms with Gasteiger partial charge in [-0.25, -0.2) is 0 Å². The number of hydrogen-bond donors (Lipinski definition) is 2. The molecular formula is C8H7Br3LaO3. The zero-order valence-electron chi connectivity index (χ0n) is 7.67. The summed E-state index contributed by atoms with van der Waals surface area (Å²) in [5, 5.41) is 16.5. The summed E-state index contributed by atoms with van der Waals surface area (Å²) >= 11 is 9.77. The van der Waals surface area contributed by atoms with Crippen LogP contribution in [0.3, 0.4) is 0 Å². The van der Waals surface area contributed by atoms with Gasteiger partial charge in [0.25, 0.3) is 5.97 Å². The smallest absolute Gasteiger partial charge is 0.300 e. The summed E-state index contributed by atoms with van der Waals surface area (Å²) in [6.45, 7) is 1.08. The van der Waals surface area contributed by atoms with Gasteiger partial charge in [-0.3, -0.25) is 4.79 Å². The average Bonchev–Trinajstić information content (AvgIpc) is 2.07. The van der Waals surface area contributed by atoms with Gasteiger partial charge in [-0.05, 0) is 59.9 Å². The van der Waals surface area contributed by atoms with Gasteiger partial charge in [0.15, 0.2) is 0 Å². The van der Waals surface area contributed by atoms with Crippen molar-refractivity contribution in [3.8, 4) is 5.75 Å². The number of aliphatic carboxylic acids is 1. The zero-order valence-corrected chi connectivity index (χ0v) is 16.1. The van der Waals surface area contributed by atoms with E-state index in [0.29, 0.717) is 4.47 Å². The molecule has 15 heavy (non-hydrogen) atoms. The van der Waals surface area contributed by atoms with E-state index in [1.807, 2.05) is 0 Å². The van der Waals surface area contributed by atoms with E-state index < -0.39 is 5.97 Å². The maximum Gasteiger partial charge on any atom is 0.300 e. The third-order valence-electron chi connectivity index (χ3n) is 1.01. The van der Waals surface area contributed by atoms with E-state index >= 15 is 0 Å². The molecule has 2 N–H and O–H groups in total. The van der Waals surface area contributed by atoms with Crippen molar-refractivity contribution in [2.75, 3.05) is 0 Å². The van der Waals surface area contributed by atoms with Crippen molar-refractivity contribution < 1.29 is 50.6 Å². The van der Waals surface area contributed by atoms with Gasteiger partial charge in [-0.15, -0.1) is 0 Å². The van der Waals surface area contributed by atoms with Crippen LogP contribution in [0.15, 0.2) is 25.6 Å². The topological polar surface area (TPSA) is 57.5 Å². The molecule has 0 aliphatic carbocycles. The standard InChI is InChI=1S/C6H3Br3O.C2H4O2.La/c7-3-1-2-4(10)6(9)5(3)8;1-2(3)4;/h1-2,10H;1H3,(H,3,4);. The SMILES string of the molecule is CC(=O)O.Oc1ccc(Br)c(Br)c1Br.[La]. The second-order valence-corrected chi connectivity index (χ2v) is 4.65. The molecule has 7 heteroatoms. The van der Waals surface area contributed by atoms with E-state index in [0.717, 1.165) is 15.9 Å². The number of hydrogen-bond acceptors (Lipinski definition) is 2. The third-order valence-corrected chi connectivity index (χ3v) is 4.37. The Bertz CT molecular complexity index is 313. The Labute approximate surface area is 141 Å². The summed E-state index contributed by atoms with van der Waals surface area (Å²) in [4.78, 5) is 9.00. The average molecular weight is 530 g/mol. The molecule has 0 heterocycles. The number of aromatic hydroxyl groups is 1. The van der Waals surface area contributed by atoms with Crippen LogP contribution < -0.4 is 0 Å².